The molecule has 0 aromatic rings. The number of esters is 1. The Balaban J connectivity index is 2.07. The van der Waals surface area contributed by atoms with E-state index in [9.17, 15) is 4.79 Å². The summed E-state index contributed by atoms with van der Waals surface area (Å²) in [4.78, 5) is 11.1. The minimum absolute atomic E-state index is 0.184. The normalized spacial score (nSPS) is 27.4. The van der Waals surface area contributed by atoms with Gasteiger partial charge in [0.25, 0.3) is 0 Å². The van der Waals surface area contributed by atoms with Crippen LogP contribution >= 0.6 is 0 Å². The zero-order chi connectivity index (χ0) is 9.31. The van der Waals surface area contributed by atoms with E-state index in [4.69, 9.17) is 4.74 Å². The van der Waals surface area contributed by atoms with Gasteiger partial charge in [-0.1, -0.05) is 25.8 Å². The van der Waals surface area contributed by atoms with Gasteiger partial charge in [-0.2, -0.15) is 0 Å². The highest BCUT2D eigenvalue weighted by molar-refractivity contribution is 5.88. The molecule has 0 unspecified atom stereocenters. The van der Waals surface area contributed by atoms with Crippen LogP contribution in [0.4, 0.5) is 0 Å². The molecule has 1 aliphatic carbocycles. The van der Waals surface area contributed by atoms with Gasteiger partial charge in [0.2, 0.25) is 0 Å². The molecule has 1 spiro atoms. The molecule has 2 fully saturated rings. The molecule has 72 valence electrons. The highest BCUT2D eigenvalue weighted by Crippen LogP contribution is 2.43. The minimum atomic E-state index is -0.184. The summed E-state index contributed by atoms with van der Waals surface area (Å²) < 4.78 is 5.14. The van der Waals surface area contributed by atoms with E-state index in [1.54, 1.807) is 0 Å². The number of rotatable bonds is 0. The quantitative estimate of drug-likeness (QED) is 0.423. The molecule has 2 rings (SSSR count). The number of hydrogen-bond donors (Lipinski definition) is 0. The van der Waals surface area contributed by atoms with Crippen molar-refractivity contribution in [3.05, 3.63) is 12.2 Å². The van der Waals surface area contributed by atoms with E-state index in [1.807, 2.05) is 0 Å². The number of ether oxygens (including phenoxy) is 1. The topological polar surface area (TPSA) is 26.3 Å². The molecule has 0 radical (unpaired) electrons. The van der Waals surface area contributed by atoms with Crippen molar-refractivity contribution < 1.29 is 9.53 Å². The number of hydrogen-bond acceptors (Lipinski definition) is 2. The molecule has 1 aliphatic heterocycles. The van der Waals surface area contributed by atoms with Gasteiger partial charge in [-0.3, -0.25) is 0 Å². The van der Waals surface area contributed by atoms with Crippen LogP contribution in [0.3, 0.4) is 0 Å². The lowest BCUT2D eigenvalue weighted by molar-refractivity contribution is -0.148. The summed E-state index contributed by atoms with van der Waals surface area (Å²) in [6.07, 6.45) is 7.18. The fourth-order valence-electron chi connectivity index (χ4n) is 2.52. The molecule has 1 heterocycles. The van der Waals surface area contributed by atoms with Gasteiger partial charge >= 0.3 is 5.97 Å². The van der Waals surface area contributed by atoms with E-state index in [-0.39, 0.29) is 11.4 Å². The molecule has 0 bridgehead atoms. The van der Waals surface area contributed by atoms with Crippen LogP contribution in [-0.4, -0.2) is 12.6 Å². The lowest BCUT2D eigenvalue weighted by Gasteiger charge is -2.39. The Hall–Kier alpha value is -0.790. The van der Waals surface area contributed by atoms with Crippen LogP contribution in [0, 0.1) is 5.41 Å². The lowest BCUT2D eigenvalue weighted by atomic mass is 9.70. The molecule has 1 saturated carbocycles. The molecule has 0 amide bonds. The molecular weight excluding hydrogens is 164 g/mol. The van der Waals surface area contributed by atoms with Gasteiger partial charge in [0.15, 0.2) is 0 Å². The van der Waals surface area contributed by atoms with E-state index < -0.39 is 0 Å². The van der Waals surface area contributed by atoms with Crippen molar-refractivity contribution >= 4 is 5.97 Å². The third kappa shape index (κ3) is 1.62. The van der Waals surface area contributed by atoms with Crippen LogP contribution in [0.1, 0.15) is 38.5 Å². The van der Waals surface area contributed by atoms with Crippen LogP contribution < -0.4 is 0 Å². The zero-order valence-corrected chi connectivity index (χ0v) is 7.97. The van der Waals surface area contributed by atoms with Gasteiger partial charge in [-0.15, -0.1) is 0 Å². The second kappa shape index (κ2) is 3.17. The Morgan fingerprint density at radius 3 is 2.54 bits per heavy atom. The minimum Gasteiger partial charge on any atom is -0.462 e. The molecule has 2 heteroatoms. The monoisotopic (exact) mass is 180 g/mol. The van der Waals surface area contributed by atoms with E-state index in [0.717, 1.165) is 6.42 Å². The third-order valence-corrected chi connectivity index (χ3v) is 3.30. The standard InChI is InChI=1S/C11H16O2/c1-9-7-11(8-13-10(9)12)5-3-2-4-6-11/h1-8H2. The molecule has 2 nitrogen and oxygen atoms in total. The van der Waals surface area contributed by atoms with E-state index in [2.05, 4.69) is 6.58 Å². The average molecular weight is 180 g/mol. The van der Waals surface area contributed by atoms with E-state index in [1.165, 1.54) is 32.1 Å². The van der Waals surface area contributed by atoms with Crippen molar-refractivity contribution in [2.75, 3.05) is 6.61 Å². The summed E-state index contributed by atoms with van der Waals surface area (Å²) in [6.45, 7) is 4.40. The van der Waals surface area contributed by atoms with Gasteiger partial charge in [-0.25, -0.2) is 4.79 Å². The number of carbonyl (C=O) groups is 1. The highest BCUT2D eigenvalue weighted by atomic mass is 16.5. The van der Waals surface area contributed by atoms with Crippen molar-refractivity contribution in [2.45, 2.75) is 38.5 Å². The molecular formula is C11H16O2. The van der Waals surface area contributed by atoms with Gasteiger partial charge in [-0.05, 0) is 19.3 Å². The molecule has 13 heavy (non-hydrogen) atoms. The summed E-state index contributed by atoms with van der Waals surface area (Å²) >= 11 is 0. The van der Waals surface area contributed by atoms with Crippen molar-refractivity contribution in [1.29, 1.82) is 0 Å². The first-order chi connectivity index (χ1) is 6.22. The van der Waals surface area contributed by atoms with Crippen LogP contribution in [0.2, 0.25) is 0 Å². The first-order valence-corrected chi connectivity index (χ1v) is 5.07. The number of cyclic esters (lactones) is 1. The van der Waals surface area contributed by atoms with Gasteiger partial charge in [0.1, 0.15) is 0 Å². The Bertz CT molecular complexity index is 236. The average Bonchev–Trinajstić information content (AvgIpc) is 2.14. The maximum Gasteiger partial charge on any atom is 0.333 e. The fourth-order valence-corrected chi connectivity index (χ4v) is 2.52. The van der Waals surface area contributed by atoms with Crippen LogP contribution in [0.25, 0.3) is 0 Å². The maximum absolute atomic E-state index is 11.1. The Morgan fingerprint density at radius 1 is 1.23 bits per heavy atom. The van der Waals surface area contributed by atoms with E-state index >= 15 is 0 Å². The predicted octanol–water partition coefficient (Wildman–Crippen LogP) is 2.44. The second-order valence-corrected chi connectivity index (χ2v) is 4.42. The molecule has 1 saturated heterocycles. The molecule has 0 atom stereocenters. The molecule has 0 aromatic carbocycles. The zero-order valence-electron chi connectivity index (χ0n) is 7.97. The van der Waals surface area contributed by atoms with Crippen LogP contribution in [0.5, 0.6) is 0 Å². The summed E-state index contributed by atoms with van der Waals surface area (Å²) in [6, 6.07) is 0. The molecule has 2 aliphatic rings. The Kier molecular flexibility index (Phi) is 2.14. The largest absolute Gasteiger partial charge is 0.462 e. The summed E-state index contributed by atoms with van der Waals surface area (Å²) in [5.74, 6) is -0.184. The Morgan fingerprint density at radius 2 is 1.92 bits per heavy atom. The summed E-state index contributed by atoms with van der Waals surface area (Å²) in [7, 11) is 0. The van der Waals surface area contributed by atoms with Crippen LogP contribution in [0.15, 0.2) is 12.2 Å². The first kappa shape index (κ1) is 8.79. The van der Waals surface area contributed by atoms with Gasteiger partial charge in [0.05, 0.1) is 6.61 Å². The fraction of sp³-hybridized carbons (Fsp3) is 0.727. The van der Waals surface area contributed by atoms with Crippen molar-refractivity contribution in [1.82, 2.24) is 0 Å². The van der Waals surface area contributed by atoms with Gasteiger partial charge < -0.3 is 4.74 Å². The van der Waals surface area contributed by atoms with Gasteiger partial charge in [0, 0.05) is 11.0 Å². The molecule has 0 N–H and O–H groups in total. The smallest absolute Gasteiger partial charge is 0.333 e. The van der Waals surface area contributed by atoms with Crippen molar-refractivity contribution in [3.8, 4) is 0 Å². The lowest BCUT2D eigenvalue weighted by Crippen LogP contribution is -2.36. The Labute approximate surface area is 79.0 Å². The maximum atomic E-state index is 11.1. The first-order valence-electron chi connectivity index (χ1n) is 5.07. The van der Waals surface area contributed by atoms with Crippen molar-refractivity contribution in [2.24, 2.45) is 5.41 Å². The second-order valence-electron chi connectivity index (χ2n) is 4.42. The summed E-state index contributed by atoms with van der Waals surface area (Å²) in [5.41, 5.74) is 0.941. The van der Waals surface area contributed by atoms with Crippen LogP contribution in [-0.2, 0) is 9.53 Å². The number of carbonyl (C=O) groups excluding carboxylic acids is 1. The van der Waals surface area contributed by atoms with E-state index in [0.29, 0.717) is 12.2 Å². The van der Waals surface area contributed by atoms with Crippen molar-refractivity contribution in [3.63, 3.8) is 0 Å². The highest BCUT2D eigenvalue weighted by Gasteiger charge is 2.38. The molecule has 0 aromatic heterocycles. The summed E-state index contributed by atoms with van der Waals surface area (Å²) in [5, 5.41) is 0. The third-order valence-electron chi connectivity index (χ3n) is 3.30. The SMILES string of the molecule is C=C1CC2(CCCCC2)COC1=O. The predicted molar refractivity (Wildman–Crippen MR) is 50.2 cm³/mol.